The number of alkyl halides is 2. The zero-order chi connectivity index (χ0) is 9.14. The van der Waals surface area contributed by atoms with E-state index >= 15 is 0 Å². The smallest absolute Gasteiger partial charge is 0.259 e. The molecule has 1 rings (SSSR count). The van der Waals surface area contributed by atoms with Crippen molar-refractivity contribution in [1.29, 1.82) is 0 Å². The Morgan fingerprint density at radius 1 is 1.42 bits per heavy atom. The summed E-state index contributed by atoms with van der Waals surface area (Å²) >= 11 is 5.48. The van der Waals surface area contributed by atoms with Crippen molar-refractivity contribution < 1.29 is 8.78 Å². The van der Waals surface area contributed by atoms with Gasteiger partial charge in [0.2, 0.25) is 0 Å². The van der Waals surface area contributed by atoms with Crippen LogP contribution in [0.15, 0.2) is 18.2 Å². The number of nitrogens with two attached hydrogens (primary N) is 1. The predicted molar refractivity (Wildman–Crippen MR) is 42.2 cm³/mol. The number of aromatic nitrogens is 1. The predicted octanol–water partition coefficient (Wildman–Crippen LogP) is 2.00. The number of hydrogen-bond donors (Lipinski definition) is 1. The van der Waals surface area contributed by atoms with Crippen molar-refractivity contribution in [2.75, 3.05) is 0 Å². The van der Waals surface area contributed by atoms with Crippen molar-refractivity contribution in [3.05, 3.63) is 29.0 Å². The van der Waals surface area contributed by atoms with Crippen LogP contribution in [0, 0.1) is 0 Å². The SMILES string of the molecule is NC(c1cccc(Cl)n1)C(F)F. The third kappa shape index (κ3) is 2.12. The van der Waals surface area contributed by atoms with Gasteiger partial charge in [-0.1, -0.05) is 17.7 Å². The molecule has 1 aromatic rings. The van der Waals surface area contributed by atoms with Crippen molar-refractivity contribution in [1.82, 2.24) is 4.98 Å². The first-order valence-electron chi connectivity index (χ1n) is 3.27. The molecule has 0 saturated heterocycles. The van der Waals surface area contributed by atoms with E-state index in [-0.39, 0.29) is 10.8 Å². The molecule has 1 unspecified atom stereocenters. The zero-order valence-electron chi connectivity index (χ0n) is 6.05. The van der Waals surface area contributed by atoms with Gasteiger partial charge in [-0.05, 0) is 12.1 Å². The third-order valence-corrected chi connectivity index (χ3v) is 1.56. The van der Waals surface area contributed by atoms with Gasteiger partial charge in [-0.2, -0.15) is 0 Å². The summed E-state index contributed by atoms with van der Waals surface area (Å²) in [6.07, 6.45) is -2.61. The summed E-state index contributed by atoms with van der Waals surface area (Å²) in [4.78, 5) is 3.65. The van der Waals surface area contributed by atoms with Crippen molar-refractivity contribution in [2.45, 2.75) is 12.5 Å². The first kappa shape index (κ1) is 9.35. The maximum absolute atomic E-state index is 12.0. The van der Waals surface area contributed by atoms with Gasteiger partial charge in [0.05, 0.1) is 5.69 Å². The highest BCUT2D eigenvalue weighted by Gasteiger charge is 2.18. The molecule has 66 valence electrons. The fourth-order valence-corrected chi connectivity index (χ4v) is 0.909. The maximum Gasteiger partial charge on any atom is 0.259 e. The summed E-state index contributed by atoms with van der Waals surface area (Å²) in [6, 6.07) is 3.10. The highest BCUT2D eigenvalue weighted by atomic mass is 35.5. The third-order valence-electron chi connectivity index (χ3n) is 1.35. The topological polar surface area (TPSA) is 38.9 Å². The van der Waals surface area contributed by atoms with Crippen LogP contribution in [0.1, 0.15) is 11.7 Å². The fourth-order valence-electron chi connectivity index (χ4n) is 0.739. The molecule has 0 radical (unpaired) electrons. The summed E-state index contributed by atoms with van der Waals surface area (Å²) in [5, 5.41) is 0.170. The average Bonchev–Trinajstić information content (AvgIpc) is 2.03. The minimum Gasteiger partial charge on any atom is -0.318 e. The van der Waals surface area contributed by atoms with Gasteiger partial charge in [-0.3, -0.25) is 0 Å². The van der Waals surface area contributed by atoms with Gasteiger partial charge in [0.15, 0.2) is 0 Å². The number of rotatable bonds is 2. The van der Waals surface area contributed by atoms with Gasteiger partial charge in [-0.25, -0.2) is 13.8 Å². The summed E-state index contributed by atoms with van der Waals surface area (Å²) in [5.41, 5.74) is 5.24. The Kier molecular flexibility index (Phi) is 2.94. The van der Waals surface area contributed by atoms with Crippen molar-refractivity contribution in [3.8, 4) is 0 Å². The molecule has 0 fully saturated rings. The van der Waals surface area contributed by atoms with E-state index in [2.05, 4.69) is 4.98 Å². The second-order valence-corrected chi connectivity index (χ2v) is 2.63. The van der Waals surface area contributed by atoms with Gasteiger partial charge in [0.1, 0.15) is 11.2 Å². The summed E-state index contributed by atoms with van der Waals surface area (Å²) in [7, 11) is 0. The quantitative estimate of drug-likeness (QED) is 0.728. The highest BCUT2D eigenvalue weighted by Crippen LogP contribution is 2.17. The van der Waals surface area contributed by atoms with E-state index in [0.717, 1.165) is 0 Å². The minimum absolute atomic E-state index is 0.109. The molecule has 0 amide bonds. The van der Waals surface area contributed by atoms with E-state index in [1.165, 1.54) is 18.2 Å². The Labute approximate surface area is 73.4 Å². The minimum atomic E-state index is -2.61. The van der Waals surface area contributed by atoms with Gasteiger partial charge in [-0.15, -0.1) is 0 Å². The molecule has 0 bridgehead atoms. The highest BCUT2D eigenvalue weighted by molar-refractivity contribution is 6.29. The zero-order valence-corrected chi connectivity index (χ0v) is 6.80. The lowest BCUT2D eigenvalue weighted by molar-refractivity contribution is 0.114. The van der Waals surface area contributed by atoms with E-state index in [0.29, 0.717) is 0 Å². The molecule has 0 aliphatic heterocycles. The van der Waals surface area contributed by atoms with Gasteiger partial charge in [0, 0.05) is 0 Å². The Morgan fingerprint density at radius 2 is 2.08 bits per heavy atom. The molecular weight excluding hydrogens is 186 g/mol. The van der Waals surface area contributed by atoms with E-state index in [4.69, 9.17) is 17.3 Å². The van der Waals surface area contributed by atoms with E-state index in [1.807, 2.05) is 0 Å². The molecule has 2 N–H and O–H groups in total. The van der Waals surface area contributed by atoms with Crippen molar-refractivity contribution in [3.63, 3.8) is 0 Å². The monoisotopic (exact) mass is 192 g/mol. The van der Waals surface area contributed by atoms with Crippen LogP contribution in [0.25, 0.3) is 0 Å². The molecule has 5 heteroatoms. The van der Waals surface area contributed by atoms with Crippen LogP contribution in [0.2, 0.25) is 5.15 Å². The second-order valence-electron chi connectivity index (χ2n) is 2.25. The second kappa shape index (κ2) is 3.78. The van der Waals surface area contributed by atoms with Gasteiger partial charge in [0.25, 0.3) is 6.43 Å². The average molecular weight is 193 g/mol. The van der Waals surface area contributed by atoms with Crippen LogP contribution in [0.3, 0.4) is 0 Å². The van der Waals surface area contributed by atoms with E-state index < -0.39 is 12.5 Å². The van der Waals surface area contributed by atoms with E-state index in [9.17, 15) is 8.78 Å². The van der Waals surface area contributed by atoms with Crippen LogP contribution in [-0.2, 0) is 0 Å². The molecule has 0 spiro atoms. The Balaban J connectivity index is 2.88. The van der Waals surface area contributed by atoms with Crippen molar-refractivity contribution in [2.24, 2.45) is 5.73 Å². The summed E-state index contributed by atoms with van der Waals surface area (Å²) in [6.45, 7) is 0. The molecule has 1 aromatic heterocycles. The van der Waals surface area contributed by atoms with Gasteiger partial charge >= 0.3 is 0 Å². The molecule has 0 aliphatic carbocycles. The van der Waals surface area contributed by atoms with Crippen LogP contribution in [0.5, 0.6) is 0 Å². The lowest BCUT2D eigenvalue weighted by Gasteiger charge is -2.08. The molecule has 1 heterocycles. The molecule has 2 nitrogen and oxygen atoms in total. The molecule has 0 saturated carbocycles. The first-order valence-corrected chi connectivity index (χ1v) is 3.65. The molecule has 1 atom stereocenters. The van der Waals surface area contributed by atoms with E-state index in [1.54, 1.807) is 0 Å². The number of hydrogen-bond acceptors (Lipinski definition) is 2. The molecule has 0 aromatic carbocycles. The largest absolute Gasteiger partial charge is 0.318 e. The summed E-state index contributed by atoms with van der Waals surface area (Å²) in [5.74, 6) is 0. The maximum atomic E-state index is 12.0. The molecule has 12 heavy (non-hydrogen) atoms. The molecule has 0 aliphatic rings. The normalized spacial score (nSPS) is 13.4. The van der Waals surface area contributed by atoms with Gasteiger partial charge < -0.3 is 5.73 Å². The number of halogens is 3. The molecular formula is C7H7ClF2N2. The number of nitrogens with zero attached hydrogens (tertiary/aromatic N) is 1. The van der Waals surface area contributed by atoms with Crippen molar-refractivity contribution >= 4 is 11.6 Å². The Bertz CT molecular complexity index is 267. The summed E-state index contributed by atoms with van der Waals surface area (Å²) < 4.78 is 24.1. The van der Waals surface area contributed by atoms with Crippen LogP contribution in [0.4, 0.5) is 8.78 Å². The van der Waals surface area contributed by atoms with Crippen LogP contribution < -0.4 is 5.73 Å². The Hall–Kier alpha value is -0.740. The lowest BCUT2D eigenvalue weighted by Crippen LogP contribution is -2.20. The van der Waals surface area contributed by atoms with Crippen LogP contribution >= 0.6 is 11.6 Å². The fraction of sp³-hybridized carbons (Fsp3) is 0.286. The standard InChI is InChI=1S/C7H7ClF2N2/c8-5-3-1-2-4(12-5)6(11)7(9)10/h1-3,6-7H,11H2. The lowest BCUT2D eigenvalue weighted by atomic mass is 10.2. The first-order chi connectivity index (χ1) is 5.61. The number of pyridine rings is 1. The van der Waals surface area contributed by atoms with Crippen LogP contribution in [-0.4, -0.2) is 11.4 Å². The Morgan fingerprint density at radius 3 is 2.58 bits per heavy atom.